The maximum absolute atomic E-state index is 4.34. The fraction of sp³-hybridized carbons (Fsp3) is 0.667. The second kappa shape index (κ2) is 7.55. The lowest BCUT2D eigenvalue weighted by Gasteiger charge is -2.35. The molecule has 1 aliphatic heterocycles. The van der Waals surface area contributed by atoms with Gasteiger partial charge >= 0.3 is 0 Å². The van der Waals surface area contributed by atoms with Crippen molar-refractivity contribution in [3.05, 3.63) is 29.6 Å². The van der Waals surface area contributed by atoms with E-state index in [-0.39, 0.29) is 0 Å². The lowest BCUT2D eigenvalue weighted by Crippen LogP contribution is -2.38. The first-order valence-electron chi connectivity index (χ1n) is 7.11. The van der Waals surface area contributed by atoms with Crippen molar-refractivity contribution in [3.63, 3.8) is 0 Å². The van der Waals surface area contributed by atoms with Gasteiger partial charge in [0, 0.05) is 40.4 Å². The molecule has 106 valence electrons. The van der Waals surface area contributed by atoms with Gasteiger partial charge in [-0.15, -0.1) is 0 Å². The molecule has 0 bridgehead atoms. The van der Waals surface area contributed by atoms with Gasteiger partial charge in [-0.05, 0) is 37.1 Å². The number of rotatable bonds is 5. The molecule has 2 nitrogen and oxygen atoms in total. The van der Waals surface area contributed by atoms with Crippen LogP contribution < -0.4 is 5.32 Å². The smallest absolute Gasteiger partial charge is 0.0469 e. The van der Waals surface area contributed by atoms with Crippen LogP contribution in [0.15, 0.2) is 18.5 Å². The fourth-order valence-corrected chi connectivity index (χ4v) is 5.46. The molecule has 4 heteroatoms. The molecule has 1 aromatic rings. The van der Waals surface area contributed by atoms with Crippen LogP contribution in [-0.4, -0.2) is 33.5 Å². The zero-order valence-corrected chi connectivity index (χ0v) is 13.7. The summed E-state index contributed by atoms with van der Waals surface area (Å²) in [6, 6.07) is 2.56. The third-order valence-electron chi connectivity index (χ3n) is 3.59. The Labute approximate surface area is 125 Å². The Kier molecular flexibility index (Phi) is 6.05. The molecule has 2 heterocycles. The minimum atomic E-state index is 0.432. The number of nitrogens with one attached hydrogen (secondary N) is 1. The molecule has 1 fully saturated rings. The summed E-state index contributed by atoms with van der Waals surface area (Å²) in [4.78, 5) is 4.34. The van der Waals surface area contributed by atoms with E-state index in [4.69, 9.17) is 0 Å². The number of thioether (sulfide) groups is 2. The van der Waals surface area contributed by atoms with Crippen molar-refractivity contribution < 1.29 is 0 Å². The van der Waals surface area contributed by atoms with Crippen molar-refractivity contribution in [2.45, 2.75) is 43.7 Å². The van der Waals surface area contributed by atoms with Gasteiger partial charge in [-0.2, -0.15) is 23.5 Å². The summed E-state index contributed by atoms with van der Waals surface area (Å²) in [5, 5.41) is 5.10. The molecule has 1 aliphatic rings. The predicted octanol–water partition coefficient (Wildman–Crippen LogP) is 3.67. The lowest BCUT2D eigenvalue weighted by atomic mass is 9.99. The van der Waals surface area contributed by atoms with E-state index in [0.29, 0.717) is 16.5 Å². The first-order chi connectivity index (χ1) is 9.24. The summed E-state index contributed by atoms with van der Waals surface area (Å²) in [6.07, 6.45) is 5.12. The monoisotopic (exact) mass is 296 g/mol. The Hall–Kier alpha value is -0.190. The number of aromatic nitrogens is 1. The van der Waals surface area contributed by atoms with E-state index >= 15 is 0 Å². The normalized spacial score (nSPS) is 25.2. The van der Waals surface area contributed by atoms with E-state index in [2.05, 4.69) is 66.9 Å². The molecule has 3 unspecified atom stereocenters. The SMILES string of the molecule is CCCNC(c1cnccc1C)C1SCCSC1C. The van der Waals surface area contributed by atoms with Gasteiger partial charge in [0.2, 0.25) is 0 Å². The van der Waals surface area contributed by atoms with Gasteiger partial charge in [0.25, 0.3) is 0 Å². The Morgan fingerprint density at radius 3 is 2.89 bits per heavy atom. The standard InChI is InChI=1S/C15H24N2S2/c1-4-6-17-14(13-10-16-7-5-11(13)2)15-12(3)18-8-9-19-15/h5,7,10,12,14-15,17H,4,6,8-9H2,1-3H3. The van der Waals surface area contributed by atoms with Crippen LogP contribution in [-0.2, 0) is 0 Å². The summed E-state index contributed by atoms with van der Waals surface area (Å²) < 4.78 is 0. The zero-order chi connectivity index (χ0) is 13.7. The van der Waals surface area contributed by atoms with Crippen LogP contribution in [0.3, 0.4) is 0 Å². The molecule has 1 N–H and O–H groups in total. The average molecular weight is 297 g/mol. The van der Waals surface area contributed by atoms with Crippen molar-refractivity contribution in [2.75, 3.05) is 18.1 Å². The van der Waals surface area contributed by atoms with Crippen LogP contribution in [0.25, 0.3) is 0 Å². The topological polar surface area (TPSA) is 24.9 Å². The number of pyridine rings is 1. The minimum Gasteiger partial charge on any atom is -0.309 e. The van der Waals surface area contributed by atoms with E-state index in [1.807, 2.05) is 6.20 Å². The highest BCUT2D eigenvalue weighted by Crippen LogP contribution is 2.39. The van der Waals surface area contributed by atoms with Crippen LogP contribution >= 0.6 is 23.5 Å². The molecule has 0 aliphatic carbocycles. The summed E-state index contributed by atoms with van der Waals surface area (Å²) in [5.41, 5.74) is 2.73. The highest BCUT2D eigenvalue weighted by molar-refractivity contribution is 8.07. The largest absolute Gasteiger partial charge is 0.309 e. The van der Waals surface area contributed by atoms with Crippen molar-refractivity contribution in [1.29, 1.82) is 0 Å². The van der Waals surface area contributed by atoms with Gasteiger partial charge in [-0.1, -0.05) is 13.8 Å². The molecule has 0 aromatic carbocycles. The third-order valence-corrected chi connectivity index (χ3v) is 6.79. The van der Waals surface area contributed by atoms with Gasteiger partial charge in [0.15, 0.2) is 0 Å². The van der Waals surface area contributed by atoms with Crippen LogP contribution in [0.5, 0.6) is 0 Å². The molecule has 0 amide bonds. The van der Waals surface area contributed by atoms with E-state index in [1.165, 1.54) is 29.1 Å². The summed E-state index contributed by atoms with van der Waals surface area (Å²) >= 11 is 4.23. The van der Waals surface area contributed by atoms with Crippen LogP contribution in [0.2, 0.25) is 0 Å². The van der Waals surface area contributed by atoms with Crippen molar-refractivity contribution in [2.24, 2.45) is 0 Å². The van der Waals surface area contributed by atoms with Crippen LogP contribution in [0, 0.1) is 6.92 Å². The Bertz CT molecular complexity index is 397. The predicted molar refractivity (Wildman–Crippen MR) is 88.2 cm³/mol. The quantitative estimate of drug-likeness (QED) is 0.896. The number of hydrogen-bond acceptors (Lipinski definition) is 4. The molecule has 2 rings (SSSR count). The number of hydrogen-bond donors (Lipinski definition) is 1. The van der Waals surface area contributed by atoms with Crippen molar-refractivity contribution in [1.82, 2.24) is 10.3 Å². The second-order valence-electron chi connectivity index (χ2n) is 5.08. The number of aryl methyl sites for hydroxylation is 1. The molecule has 1 saturated heterocycles. The van der Waals surface area contributed by atoms with Gasteiger partial charge < -0.3 is 5.32 Å². The minimum absolute atomic E-state index is 0.432. The first-order valence-corrected chi connectivity index (χ1v) is 9.21. The van der Waals surface area contributed by atoms with Gasteiger partial charge in [-0.3, -0.25) is 4.98 Å². The molecule has 3 atom stereocenters. The van der Waals surface area contributed by atoms with Gasteiger partial charge in [-0.25, -0.2) is 0 Å². The molecule has 1 aromatic heterocycles. The zero-order valence-electron chi connectivity index (χ0n) is 12.1. The van der Waals surface area contributed by atoms with Crippen molar-refractivity contribution >= 4 is 23.5 Å². The Morgan fingerprint density at radius 2 is 2.21 bits per heavy atom. The lowest BCUT2D eigenvalue weighted by molar-refractivity contribution is 0.505. The molecule has 0 spiro atoms. The van der Waals surface area contributed by atoms with Crippen molar-refractivity contribution in [3.8, 4) is 0 Å². The summed E-state index contributed by atoms with van der Waals surface area (Å²) in [5.74, 6) is 2.55. The first kappa shape index (κ1) is 15.2. The molecular weight excluding hydrogens is 272 g/mol. The average Bonchev–Trinajstić information content (AvgIpc) is 2.42. The highest BCUT2D eigenvalue weighted by Gasteiger charge is 2.31. The molecule has 0 radical (unpaired) electrons. The molecule has 19 heavy (non-hydrogen) atoms. The van der Waals surface area contributed by atoms with Gasteiger partial charge in [0.05, 0.1) is 0 Å². The highest BCUT2D eigenvalue weighted by atomic mass is 32.2. The van der Waals surface area contributed by atoms with Gasteiger partial charge in [0.1, 0.15) is 0 Å². The maximum atomic E-state index is 4.34. The van der Waals surface area contributed by atoms with E-state index in [0.717, 1.165) is 6.54 Å². The van der Waals surface area contributed by atoms with Crippen LogP contribution in [0.1, 0.15) is 37.4 Å². The Balaban J connectivity index is 2.22. The van der Waals surface area contributed by atoms with E-state index < -0.39 is 0 Å². The summed E-state index contributed by atoms with van der Waals surface area (Å²) in [6.45, 7) is 7.87. The van der Waals surface area contributed by atoms with E-state index in [1.54, 1.807) is 0 Å². The second-order valence-corrected chi connectivity index (χ2v) is 7.85. The number of nitrogens with zero attached hydrogens (tertiary/aromatic N) is 1. The third kappa shape index (κ3) is 3.89. The Morgan fingerprint density at radius 1 is 1.42 bits per heavy atom. The maximum Gasteiger partial charge on any atom is 0.0469 e. The summed E-state index contributed by atoms with van der Waals surface area (Å²) in [7, 11) is 0. The van der Waals surface area contributed by atoms with E-state index in [9.17, 15) is 0 Å². The molecule has 0 saturated carbocycles. The van der Waals surface area contributed by atoms with Crippen LogP contribution in [0.4, 0.5) is 0 Å². The molecular formula is C15H24N2S2. The fourth-order valence-electron chi connectivity index (χ4n) is 2.52.